The lowest BCUT2D eigenvalue weighted by atomic mass is 10.0. The van der Waals surface area contributed by atoms with Crippen LogP contribution >= 0.6 is 0 Å². The largest absolute Gasteiger partial charge is 0.489 e. The van der Waals surface area contributed by atoms with E-state index in [2.05, 4.69) is 11.2 Å². The van der Waals surface area contributed by atoms with Gasteiger partial charge in [-0.25, -0.2) is 0 Å². The Balaban J connectivity index is 2.32. The third-order valence-corrected chi connectivity index (χ3v) is 3.79. The minimum absolute atomic E-state index is 0.221. The van der Waals surface area contributed by atoms with Gasteiger partial charge in [0.15, 0.2) is 5.71 Å². The molecule has 5 heteroatoms. The van der Waals surface area contributed by atoms with Crippen LogP contribution < -0.4 is 4.74 Å². The molecule has 0 saturated heterocycles. The number of hydrogen-bond acceptors (Lipinski definition) is 4. The lowest BCUT2D eigenvalue weighted by Crippen LogP contribution is -2.31. The van der Waals surface area contributed by atoms with E-state index in [0.717, 1.165) is 22.4 Å². The molecule has 0 atom stereocenters. The average molecular weight is 340 g/mol. The first-order valence-corrected chi connectivity index (χ1v) is 8.05. The van der Waals surface area contributed by atoms with Crippen LogP contribution in [0.15, 0.2) is 47.6 Å². The van der Waals surface area contributed by atoms with E-state index in [1.54, 1.807) is 14.1 Å². The van der Waals surface area contributed by atoms with Crippen molar-refractivity contribution in [3.8, 4) is 5.75 Å². The van der Waals surface area contributed by atoms with Crippen LogP contribution in [0.5, 0.6) is 5.75 Å². The fourth-order valence-electron chi connectivity index (χ4n) is 2.40. The van der Waals surface area contributed by atoms with Gasteiger partial charge in [0.05, 0.1) is 0 Å². The van der Waals surface area contributed by atoms with E-state index in [9.17, 15) is 4.79 Å². The third-order valence-electron chi connectivity index (χ3n) is 3.79. The highest BCUT2D eigenvalue weighted by molar-refractivity contribution is 6.45. The average Bonchev–Trinajstić information content (AvgIpc) is 2.60. The number of amides is 1. The topological polar surface area (TPSA) is 51.1 Å². The summed E-state index contributed by atoms with van der Waals surface area (Å²) in [4.78, 5) is 18.8. The molecule has 0 aliphatic carbocycles. The van der Waals surface area contributed by atoms with Gasteiger partial charge in [-0.1, -0.05) is 41.6 Å². The minimum atomic E-state index is -0.221. The molecule has 0 heterocycles. The van der Waals surface area contributed by atoms with E-state index < -0.39 is 0 Å². The van der Waals surface area contributed by atoms with Crippen molar-refractivity contribution in [2.75, 3.05) is 21.2 Å². The van der Waals surface area contributed by atoms with E-state index in [1.165, 1.54) is 12.0 Å². The molecule has 2 aromatic carbocycles. The Kier molecular flexibility index (Phi) is 6.17. The molecular formula is C20H24N2O3. The van der Waals surface area contributed by atoms with Gasteiger partial charge in [-0.2, -0.15) is 0 Å². The van der Waals surface area contributed by atoms with Gasteiger partial charge in [0.1, 0.15) is 19.5 Å². The molecule has 2 rings (SSSR count). The highest BCUT2D eigenvalue weighted by Crippen LogP contribution is 2.21. The molecule has 0 aliphatic rings. The van der Waals surface area contributed by atoms with E-state index in [1.807, 2.05) is 50.2 Å². The zero-order valence-electron chi connectivity index (χ0n) is 15.4. The molecule has 0 fully saturated rings. The van der Waals surface area contributed by atoms with Crippen LogP contribution in [0.1, 0.15) is 22.3 Å². The molecular weight excluding hydrogens is 316 g/mol. The molecule has 0 spiro atoms. The smallest absolute Gasteiger partial charge is 0.276 e. The normalized spacial score (nSPS) is 11.2. The van der Waals surface area contributed by atoms with Crippen LogP contribution in [0.3, 0.4) is 0 Å². The Labute approximate surface area is 148 Å². The van der Waals surface area contributed by atoms with Gasteiger partial charge in [-0.3, -0.25) is 4.79 Å². The summed E-state index contributed by atoms with van der Waals surface area (Å²) < 4.78 is 5.99. The van der Waals surface area contributed by atoms with Crippen molar-refractivity contribution in [2.45, 2.75) is 20.5 Å². The van der Waals surface area contributed by atoms with Crippen molar-refractivity contribution in [3.05, 3.63) is 64.7 Å². The second-order valence-corrected chi connectivity index (χ2v) is 6.04. The number of nitrogens with zero attached hydrogens (tertiary/aromatic N) is 2. The first-order valence-electron chi connectivity index (χ1n) is 8.05. The SMILES string of the molecule is CO/N=C(\C(=O)N(C)C)c1ccccc1COc1cc(C)ccc1C. The monoisotopic (exact) mass is 340 g/mol. The number of likely N-dealkylation sites (N-methyl/N-ethyl adjacent to an activating group) is 1. The summed E-state index contributed by atoms with van der Waals surface area (Å²) in [5.74, 6) is 0.611. The minimum Gasteiger partial charge on any atom is -0.489 e. The molecule has 0 radical (unpaired) electrons. The molecule has 2 aromatic rings. The van der Waals surface area contributed by atoms with Gasteiger partial charge in [0, 0.05) is 19.7 Å². The van der Waals surface area contributed by atoms with Crippen LogP contribution in [0.4, 0.5) is 0 Å². The van der Waals surface area contributed by atoms with E-state index >= 15 is 0 Å². The van der Waals surface area contributed by atoms with Gasteiger partial charge in [-0.15, -0.1) is 0 Å². The van der Waals surface area contributed by atoms with Crippen LogP contribution in [0.2, 0.25) is 0 Å². The number of carbonyl (C=O) groups is 1. The molecule has 0 aliphatic heterocycles. The Morgan fingerprint density at radius 3 is 2.52 bits per heavy atom. The second-order valence-electron chi connectivity index (χ2n) is 6.04. The van der Waals surface area contributed by atoms with Crippen molar-refractivity contribution in [2.24, 2.45) is 5.16 Å². The predicted molar refractivity (Wildman–Crippen MR) is 98.9 cm³/mol. The van der Waals surface area contributed by atoms with Crippen molar-refractivity contribution in [3.63, 3.8) is 0 Å². The Morgan fingerprint density at radius 1 is 1.12 bits per heavy atom. The molecule has 0 unspecified atom stereocenters. The first-order chi connectivity index (χ1) is 11.9. The maximum absolute atomic E-state index is 12.4. The van der Waals surface area contributed by atoms with Crippen molar-refractivity contribution in [1.29, 1.82) is 0 Å². The Morgan fingerprint density at radius 2 is 1.84 bits per heavy atom. The summed E-state index contributed by atoms with van der Waals surface area (Å²) in [6.07, 6.45) is 0. The second kappa shape index (κ2) is 8.33. The quantitative estimate of drug-likeness (QED) is 0.599. The summed E-state index contributed by atoms with van der Waals surface area (Å²) in [6, 6.07) is 13.6. The predicted octanol–water partition coefficient (Wildman–Crippen LogP) is 3.32. The molecule has 5 nitrogen and oxygen atoms in total. The lowest BCUT2D eigenvalue weighted by molar-refractivity contribution is -0.121. The van der Waals surface area contributed by atoms with Crippen molar-refractivity contribution < 1.29 is 14.4 Å². The zero-order chi connectivity index (χ0) is 18.4. The molecule has 132 valence electrons. The van der Waals surface area contributed by atoms with Crippen LogP contribution in [-0.4, -0.2) is 37.7 Å². The Hall–Kier alpha value is -2.82. The zero-order valence-corrected chi connectivity index (χ0v) is 15.4. The van der Waals surface area contributed by atoms with E-state index in [0.29, 0.717) is 12.2 Å². The molecule has 0 bridgehead atoms. The summed E-state index contributed by atoms with van der Waals surface area (Å²) in [5.41, 5.74) is 4.03. The Bertz CT molecular complexity index is 782. The molecule has 0 aromatic heterocycles. The fraction of sp³-hybridized carbons (Fsp3) is 0.300. The van der Waals surface area contributed by atoms with Gasteiger partial charge in [-0.05, 0) is 36.6 Å². The molecule has 0 saturated carbocycles. The highest BCUT2D eigenvalue weighted by atomic mass is 16.6. The van der Waals surface area contributed by atoms with Gasteiger partial charge < -0.3 is 14.5 Å². The molecule has 0 N–H and O–H groups in total. The number of oxime groups is 1. The van der Waals surface area contributed by atoms with Gasteiger partial charge >= 0.3 is 0 Å². The van der Waals surface area contributed by atoms with Crippen LogP contribution in [-0.2, 0) is 16.2 Å². The molecule has 25 heavy (non-hydrogen) atoms. The van der Waals surface area contributed by atoms with Crippen LogP contribution in [0.25, 0.3) is 0 Å². The summed E-state index contributed by atoms with van der Waals surface area (Å²) >= 11 is 0. The number of rotatable bonds is 6. The molecule has 1 amide bonds. The van der Waals surface area contributed by atoms with E-state index in [4.69, 9.17) is 9.57 Å². The lowest BCUT2D eigenvalue weighted by Gasteiger charge is -2.16. The summed E-state index contributed by atoms with van der Waals surface area (Å²) in [6.45, 7) is 4.37. The first kappa shape index (κ1) is 18.5. The highest BCUT2D eigenvalue weighted by Gasteiger charge is 2.20. The van der Waals surface area contributed by atoms with Crippen LogP contribution in [0, 0.1) is 13.8 Å². The number of benzene rings is 2. The third kappa shape index (κ3) is 4.59. The number of aryl methyl sites for hydroxylation is 2. The number of ether oxygens (including phenoxy) is 1. The number of carbonyl (C=O) groups excluding carboxylic acids is 1. The van der Waals surface area contributed by atoms with Crippen molar-refractivity contribution in [1.82, 2.24) is 4.90 Å². The standard InChI is InChI=1S/C20H24N2O3/c1-14-10-11-15(2)18(12-14)25-13-16-8-6-7-9-17(16)19(21-24-5)20(23)22(3)4/h6-12H,13H2,1-5H3/b21-19-. The van der Waals surface area contributed by atoms with Gasteiger partial charge in [0.25, 0.3) is 5.91 Å². The summed E-state index contributed by atoms with van der Waals surface area (Å²) in [7, 11) is 4.80. The maximum Gasteiger partial charge on any atom is 0.276 e. The van der Waals surface area contributed by atoms with Gasteiger partial charge in [0.2, 0.25) is 0 Å². The van der Waals surface area contributed by atoms with Crippen molar-refractivity contribution >= 4 is 11.6 Å². The fourth-order valence-corrected chi connectivity index (χ4v) is 2.40. The maximum atomic E-state index is 12.4. The van der Waals surface area contributed by atoms with E-state index in [-0.39, 0.29) is 11.6 Å². The number of hydrogen-bond donors (Lipinski definition) is 0. The summed E-state index contributed by atoms with van der Waals surface area (Å²) in [5, 5.41) is 3.93.